The topological polar surface area (TPSA) is 43.4 Å². The number of hydrogen-bond acceptors (Lipinski definition) is 3. The minimum atomic E-state index is -5.20. The molecule has 0 spiro atoms. The Morgan fingerprint density at radius 2 is 1.53 bits per heavy atom. The van der Waals surface area contributed by atoms with Gasteiger partial charge in [0.05, 0.1) is 5.56 Å². The van der Waals surface area contributed by atoms with Crippen molar-refractivity contribution in [2.24, 2.45) is 0 Å². The molecule has 0 aliphatic rings. The Balaban J connectivity index is 3.08. The van der Waals surface area contributed by atoms with Crippen LogP contribution in [0.25, 0.3) is 0 Å². The first-order valence-corrected chi connectivity index (χ1v) is 6.13. The van der Waals surface area contributed by atoms with Gasteiger partial charge in [0.15, 0.2) is 11.5 Å². The fourth-order valence-corrected chi connectivity index (χ4v) is 2.02. The number of rotatable bonds is 3. The summed E-state index contributed by atoms with van der Waals surface area (Å²) in [6.07, 6.45) is -10.0. The second kappa shape index (κ2) is 4.91. The summed E-state index contributed by atoms with van der Waals surface area (Å²) in [7, 11) is -5.20. The summed E-state index contributed by atoms with van der Waals surface area (Å²) in [5.41, 5.74) is -1.47. The van der Waals surface area contributed by atoms with E-state index < -0.39 is 39.5 Å². The first-order valence-electron chi connectivity index (χ1n) is 4.56. The summed E-state index contributed by atoms with van der Waals surface area (Å²) >= 11 is 0. The van der Waals surface area contributed by atoms with Gasteiger partial charge in [-0.25, -0.2) is 0 Å². The van der Waals surface area contributed by atoms with Crippen LogP contribution in [0.5, 0.6) is 5.75 Å². The minimum absolute atomic E-state index is 0.498. The Kier molecular flexibility index (Phi) is 4.03. The van der Waals surface area contributed by atoms with Gasteiger partial charge in [-0.1, -0.05) is 12.1 Å². The largest absolute Gasteiger partial charge is 0.420 e. The highest BCUT2D eigenvalue weighted by molar-refractivity contribution is 7.87. The molecule has 10 heteroatoms. The van der Waals surface area contributed by atoms with Gasteiger partial charge in [0.2, 0.25) is 0 Å². The highest BCUT2D eigenvalue weighted by Gasteiger charge is 2.39. The van der Waals surface area contributed by atoms with Gasteiger partial charge in [0.25, 0.3) is 0 Å². The maximum Gasteiger partial charge on any atom is 0.420 e. The van der Waals surface area contributed by atoms with Crippen LogP contribution in [-0.4, -0.2) is 20.3 Å². The molecule has 1 rings (SSSR count). The monoisotopic (exact) mass is 308 g/mol. The van der Waals surface area contributed by atoms with Gasteiger partial charge in [-0.3, -0.25) is 0 Å². The third kappa shape index (κ3) is 4.97. The molecule has 0 aromatic heterocycles. The van der Waals surface area contributed by atoms with Gasteiger partial charge in [-0.2, -0.15) is 34.8 Å². The van der Waals surface area contributed by atoms with E-state index in [2.05, 4.69) is 4.18 Å². The van der Waals surface area contributed by atoms with E-state index in [4.69, 9.17) is 0 Å². The van der Waals surface area contributed by atoms with Crippen LogP contribution >= 0.6 is 0 Å². The molecule has 0 saturated carbocycles. The van der Waals surface area contributed by atoms with Crippen LogP contribution in [0, 0.1) is 0 Å². The summed E-state index contributed by atoms with van der Waals surface area (Å²) in [6.45, 7) is 0. The summed E-state index contributed by atoms with van der Waals surface area (Å²) in [6, 6.07) is 3.08. The van der Waals surface area contributed by atoms with Crippen molar-refractivity contribution >= 4 is 10.1 Å². The molecular weight excluding hydrogens is 302 g/mol. The number of para-hydroxylation sites is 1. The lowest BCUT2D eigenvalue weighted by molar-refractivity contribution is -0.138. The lowest BCUT2D eigenvalue weighted by Crippen LogP contribution is -2.27. The molecule has 3 nitrogen and oxygen atoms in total. The predicted octanol–water partition coefficient (Wildman–Crippen LogP) is 2.98. The number of hydrogen-bond donors (Lipinski definition) is 0. The van der Waals surface area contributed by atoms with Crippen LogP contribution in [0.15, 0.2) is 24.3 Å². The summed E-state index contributed by atoms with van der Waals surface area (Å²) in [5.74, 6) is -3.56. The zero-order valence-electron chi connectivity index (χ0n) is 8.92. The Morgan fingerprint density at radius 1 is 1.00 bits per heavy atom. The van der Waals surface area contributed by atoms with E-state index in [0.717, 1.165) is 12.1 Å². The molecule has 0 amide bonds. The molecule has 0 aliphatic carbocycles. The van der Waals surface area contributed by atoms with Crippen molar-refractivity contribution in [2.45, 2.75) is 12.4 Å². The Hall–Kier alpha value is -1.45. The Labute approximate surface area is 103 Å². The van der Waals surface area contributed by atoms with Crippen molar-refractivity contribution in [3.8, 4) is 5.75 Å². The molecule has 1 aromatic rings. The number of benzene rings is 1. The minimum Gasteiger partial charge on any atom is -0.382 e. The van der Waals surface area contributed by atoms with Gasteiger partial charge in [0, 0.05) is 0 Å². The SMILES string of the molecule is O=S(=O)(CC(F)(F)F)Oc1ccccc1C(F)(F)F. The third-order valence-electron chi connectivity index (χ3n) is 1.75. The van der Waals surface area contributed by atoms with Gasteiger partial charge < -0.3 is 4.18 Å². The Morgan fingerprint density at radius 3 is 2.00 bits per heavy atom. The van der Waals surface area contributed by atoms with Gasteiger partial charge in [-0.05, 0) is 12.1 Å². The average molecular weight is 308 g/mol. The normalized spacial score (nSPS) is 13.4. The van der Waals surface area contributed by atoms with Gasteiger partial charge in [0.1, 0.15) is 0 Å². The van der Waals surface area contributed by atoms with E-state index >= 15 is 0 Å². The Bertz CT molecular complexity index is 546. The molecule has 108 valence electrons. The molecule has 0 radical (unpaired) electrons. The van der Waals surface area contributed by atoms with Crippen LogP contribution in [-0.2, 0) is 16.3 Å². The first-order chi connectivity index (χ1) is 8.41. The van der Waals surface area contributed by atoms with Crippen LogP contribution < -0.4 is 4.18 Å². The molecule has 0 N–H and O–H groups in total. The third-order valence-corrected chi connectivity index (χ3v) is 2.86. The van der Waals surface area contributed by atoms with Crippen molar-refractivity contribution in [2.75, 3.05) is 5.75 Å². The number of alkyl halides is 6. The van der Waals surface area contributed by atoms with Crippen LogP contribution in [0.4, 0.5) is 26.3 Å². The smallest absolute Gasteiger partial charge is 0.382 e. The molecule has 0 heterocycles. The highest BCUT2D eigenvalue weighted by atomic mass is 32.2. The summed E-state index contributed by atoms with van der Waals surface area (Å²) < 4.78 is 99.0. The summed E-state index contributed by atoms with van der Waals surface area (Å²) in [4.78, 5) is 0. The maximum absolute atomic E-state index is 12.5. The average Bonchev–Trinajstić information content (AvgIpc) is 2.11. The van der Waals surface area contributed by atoms with E-state index in [9.17, 15) is 34.8 Å². The van der Waals surface area contributed by atoms with Crippen LogP contribution in [0.3, 0.4) is 0 Å². The van der Waals surface area contributed by atoms with Crippen LogP contribution in [0.2, 0.25) is 0 Å². The lowest BCUT2D eigenvalue weighted by Gasteiger charge is -2.14. The molecule has 1 aromatic carbocycles. The molecule has 0 unspecified atom stereocenters. The quantitative estimate of drug-likeness (QED) is 0.637. The fraction of sp³-hybridized carbons (Fsp3) is 0.333. The maximum atomic E-state index is 12.5. The first kappa shape index (κ1) is 15.6. The molecular formula is C9H6F6O3S. The van der Waals surface area contributed by atoms with Gasteiger partial charge >= 0.3 is 22.5 Å². The van der Waals surface area contributed by atoms with E-state index in [1.54, 1.807) is 0 Å². The fourth-order valence-electron chi connectivity index (χ4n) is 1.14. The molecule has 0 atom stereocenters. The van der Waals surface area contributed by atoms with E-state index in [1.807, 2.05) is 0 Å². The van der Waals surface area contributed by atoms with E-state index in [0.29, 0.717) is 12.1 Å². The van der Waals surface area contributed by atoms with E-state index in [-0.39, 0.29) is 0 Å². The second-order valence-corrected chi connectivity index (χ2v) is 4.97. The molecule has 0 aliphatic heterocycles. The molecule has 19 heavy (non-hydrogen) atoms. The standard InChI is InChI=1S/C9H6F6O3S/c10-8(11,12)5-19(16,17)18-7-4-2-1-3-6(7)9(13,14)15/h1-4H,5H2. The predicted molar refractivity (Wildman–Crippen MR) is 51.9 cm³/mol. The molecule has 0 bridgehead atoms. The second-order valence-electron chi connectivity index (χ2n) is 3.39. The summed E-state index contributed by atoms with van der Waals surface area (Å²) in [5, 5.41) is 0. The van der Waals surface area contributed by atoms with E-state index in [1.165, 1.54) is 0 Å². The van der Waals surface area contributed by atoms with Crippen molar-refractivity contribution < 1.29 is 38.9 Å². The van der Waals surface area contributed by atoms with Crippen molar-refractivity contribution in [3.05, 3.63) is 29.8 Å². The van der Waals surface area contributed by atoms with Crippen LogP contribution in [0.1, 0.15) is 5.56 Å². The highest BCUT2D eigenvalue weighted by Crippen LogP contribution is 2.36. The molecule has 0 fully saturated rings. The van der Waals surface area contributed by atoms with Crippen molar-refractivity contribution in [1.29, 1.82) is 0 Å². The zero-order valence-corrected chi connectivity index (χ0v) is 9.73. The zero-order chi connectivity index (χ0) is 14.9. The molecule has 0 saturated heterocycles. The number of halogens is 6. The lowest BCUT2D eigenvalue weighted by atomic mass is 10.2. The van der Waals surface area contributed by atoms with Gasteiger partial charge in [-0.15, -0.1) is 0 Å². The van der Waals surface area contributed by atoms with Crippen molar-refractivity contribution in [3.63, 3.8) is 0 Å². The van der Waals surface area contributed by atoms with Crippen molar-refractivity contribution in [1.82, 2.24) is 0 Å².